The molecule has 3 aromatic rings. The van der Waals surface area contributed by atoms with Crippen molar-refractivity contribution in [1.82, 2.24) is 13.7 Å². The first-order valence-corrected chi connectivity index (χ1v) is 10.7. The highest BCUT2D eigenvalue weighted by atomic mass is 32.2. The Morgan fingerprint density at radius 3 is 2.28 bits per heavy atom. The number of sulfonamides is 1. The summed E-state index contributed by atoms with van der Waals surface area (Å²) in [4.78, 5) is 16.8. The van der Waals surface area contributed by atoms with E-state index in [1.165, 1.54) is 14.9 Å². The van der Waals surface area contributed by atoms with Crippen molar-refractivity contribution < 1.29 is 31.2 Å². The zero-order valence-electron chi connectivity index (χ0n) is 16.3. The number of nitrogens with zero attached hydrogens (tertiary/aromatic N) is 5. The second-order valence-electron chi connectivity index (χ2n) is 6.86. The van der Waals surface area contributed by atoms with Gasteiger partial charge in [0.2, 0.25) is 21.5 Å². The summed E-state index contributed by atoms with van der Waals surface area (Å²) in [6.45, 7) is 0.348. The fourth-order valence-electron chi connectivity index (χ4n) is 3.45. The normalized spacial score (nSPS) is 15.8. The summed E-state index contributed by atoms with van der Waals surface area (Å²) in [5, 5.41) is 11.6. The van der Waals surface area contributed by atoms with Crippen LogP contribution in [0.25, 0.3) is 5.65 Å². The topological polar surface area (TPSA) is 110 Å². The lowest BCUT2D eigenvalue weighted by molar-refractivity contribution is -0.389. The Morgan fingerprint density at radius 2 is 1.69 bits per heavy atom. The minimum atomic E-state index is -4.88. The zero-order chi connectivity index (χ0) is 23.1. The smallest absolute Gasteiger partial charge is 0.406 e. The molecule has 0 radical (unpaired) electrons. The third-order valence-electron chi connectivity index (χ3n) is 4.89. The number of benzene rings is 1. The molecule has 0 amide bonds. The first kappa shape index (κ1) is 21.8. The summed E-state index contributed by atoms with van der Waals surface area (Å²) in [5.41, 5.74) is 0.394. The Labute approximate surface area is 179 Å². The summed E-state index contributed by atoms with van der Waals surface area (Å²) in [6.07, 6.45) is -3.35. The predicted molar refractivity (Wildman–Crippen MR) is 106 cm³/mol. The highest BCUT2D eigenvalue weighted by Crippen LogP contribution is 2.31. The average Bonchev–Trinajstić information content (AvgIpc) is 3.13. The number of hydrogen-bond acceptors (Lipinski definition) is 7. The molecule has 3 heterocycles. The lowest BCUT2D eigenvalue weighted by Gasteiger charge is -2.33. The first-order valence-electron chi connectivity index (χ1n) is 9.29. The molecule has 0 saturated carbocycles. The van der Waals surface area contributed by atoms with E-state index in [2.05, 4.69) is 9.72 Å². The molecule has 1 aliphatic rings. The molecule has 32 heavy (non-hydrogen) atoms. The van der Waals surface area contributed by atoms with E-state index in [1.54, 1.807) is 23.1 Å². The van der Waals surface area contributed by atoms with E-state index in [-0.39, 0.29) is 42.7 Å². The van der Waals surface area contributed by atoms with Crippen molar-refractivity contribution in [1.29, 1.82) is 0 Å². The Morgan fingerprint density at radius 1 is 1.03 bits per heavy atom. The van der Waals surface area contributed by atoms with Gasteiger partial charge in [0.05, 0.1) is 11.1 Å². The van der Waals surface area contributed by atoms with Gasteiger partial charge in [0.15, 0.2) is 0 Å². The Kier molecular flexibility index (Phi) is 5.42. The molecule has 1 aromatic carbocycles. The van der Waals surface area contributed by atoms with E-state index in [1.807, 2.05) is 0 Å². The van der Waals surface area contributed by atoms with Gasteiger partial charge in [0.1, 0.15) is 5.75 Å². The maximum absolute atomic E-state index is 12.9. The molecule has 0 aliphatic carbocycles. The molecular formula is C18H16F3N5O5S. The van der Waals surface area contributed by atoms with Gasteiger partial charge in [-0.15, -0.1) is 13.2 Å². The number of halogens is 3. The van der Waals surface area contributed by atoms with Gasteiger partial charge in [0.25, 0.3) is 0 Å². The summed E-state index contributed by atoms with van der Waals surface area (Å²) < 4.78 is 68.9. The van der Waals surface area contributed by atoms with Crippen LogP contribution in [0.5, 0.6) is 5.75 Å². The van der Waals surface area contributed by atoms with Crippen molar-refractivity contribution in [3.05, 3.63) is 58.8 Å². The summed E-state index contributed by atoms with van der Waals surface area (Å²) in [5.74, 6) is -0.593. The van der Waals surface area contributed by atoms with Crippen LogP contribution in [-0.4, -0.2) is 59.6 Å². The third kappa shape index (κ3) is 4.18. The SMILES string of the molecule is O=[N+]([O-])c1c(N2CCN(S(=O)(=O)c3ccc(OC(F)(F)F)cc3)CC2)nc2ccccn12. The van der Waals surface area contributed by atoms with Crippen molar-refractivity contribution in [3.63, 3.8) is 0 Å². The van der Waals surface area contributed by atoms with Gasteiger partial charge in [-0.1, -0.05) is 6.07 Å². The van der Waals surface area contributed by atoms with Gasteiger partial charge in [-0.05, 0) is 35.3 Å². The third-order valence-corrected chi connectivity index (χ3v) is 6.81. The van der Waals surface area contributed by atoms with Crippen molar-refractivity contribution in [2.75, 3.05) is 31.1 Å². The van der Waals surface area contributed by atoms with Crippen LogP contribution in [-0.2, 0) is 10.0 Å². The number of aromatic nitrogens is 2. The molecular weight excluding hydrogens is 455 g/mol. The molecule has 0 bridgehead atoms. The minimum Gasteiger partial charge on any atom is -0.406 e. The van der Waals surface area contributed by atoms with E-state index >= 15 is 0 Å². The maximum Gasteiger partial charge on any atom is 0.573 e. The van der Waals surface area contributed by atoms with Crippen LogP contribution in [0.4, 0.5) is 24.8 Å². The molecule has 10 nitrogen and oxygen atoms in total. The molecule has 170 valence electrons. The fourth-order valence-corrected chi connectivity index (χ4v) is 4.88. The molecule has 1 aliphatic heterocycles. The Bertz CT molecular complexity index is 1250. The lowest BCUT2D eigenvalue weighted by atomic mass is 10.3. The van der Waals surface area contributed by atoms with Gasteiger partial charge >= 0.3 is 12.2 Å². The van der Waals surface area contributed by atoms with E-state index in [0.29, 0.717) is 5.65 Å². The van der Waals surface area contributed by atoms with Crippen LogP contribution in [0, 0.1) is 10.1 Å². The predicted octanol–water partition coefficient (Wildman–Crippen LogP) is 2.65. The van der Waals surface area contributed by atoms with E-state index in [0.717, 1.165) is 24.3 Å². The van der Waals surface area contributed by atoms with Crippen LogP contribution < -0.4 is 9.64 Å². The van der Waals surface area contributed by atoms with Crippen molar-refractivity contribution in [2.45, 2.75) is 11.3 Å². The number of imidazole rings is 1. The Hall–Kier alpha value is -3.39. The number of rotatable bonds is 5. The standard InChI is InChI=1S/C18H16F3N5O5S/c19-18(20,21)31-13-4-6-14(7-5-13)32(29,30)24-11-9-23(10-12-24)16-17(26(27)28)25-8-2-1-3-15(25)22-16/h1-8H,9-12H2. The number of piperazine rings is 1. The molecule has 0 unspecified atom stereocenters. The van der Waals surface area contributed by atoms with Crippen LogP contribution in [0.3, 0.4) is 0 Å². The number of nitro groups is 1. The van der Waals surface area contributed by atoms with Gasteiger partial charge in [-0.3, -0.25) is 0 Å². The number of ether oxygens (including phenoxy) is 1. The van der Waals surface area contributed by atoms with Gasteiger partial charge in [0, 0.05) is 32.2 Å². The maximum atomic E-state index is 12.9. The molecule has 0 atom stereocenters. The largest absolute Gasteiger partial charge is 0.573 e. The molecule has 0 N–H and O–H groups in total. The number of hydrogen-bond donors (Lipinski definition) is 0. The molecule has 1 saturated heterocycles. The fraction of sp³-hybridized carbons (Fsp3) is 0.278. The highest BCUT2D eigenvalue weighted by Gasteiger charge is 2.34. The quantitative estimate of drug-likeness (QED) is 0.416. The Balaban J connectivity index is 1.51. The highest BCUT2D eigenvalue weighted by molar-refractivity contribution is 7.89. The van der Waals surface area contributed by atoms with E-state index < -0.39 is 27.1 Å². The zero-order valence-corrected chi connectivity index (χ0v) is 17.1. The lowest BCUT2D eigenvalue weighted by Crippen LogP contribution is -2.48. The molecule has 0 spiro atoms. The van der Waals surface area contributed by atoms with E-state index in [9.17, 15) is 31.7 Å². The summed E-state index contributed by atoms with van der Waals surface area (Å²) in [6, 6.07) is 8.90. The minimum absolute atomic E-state index is 0.0220. The molecule has 4 rings (SSSR count). The molecule has 2 aromatic heterocycles. The number of fused-ring (bicyclic) bond motifs is 1. The average molecular weight is 471 g/mol. The number of pyridine rings is 1. The van der Waals surface area contributed by atoms with Crippen molar-refractivity contribution >= 4 is 27.3 Å². The first-order chi connectivity index (χ1) is 15.1. The van der Waals surface area contributed by atoms with Crippen molar-refractivity contribution in [3.8, 4) is 5.75 Å². The summed E-state index contributed by atoms with van der Waals surface area (Å²) >= 11 is 0. The second-order valence-corrected chi connectivity index (χ2v) is 8.79. The van der Waals surface area contributed by atoms with Crippen LogP contribution in [0.2, 0.25) is 0 Å². The molecule has 14 heteroatoms. The van der Waals surface area contributed by atoms with Crippen LogP contribution in [0.15, 0.2) is 53.6 Å². The number of anilines is 1. The van der Waals surface area contributed by atoms with Crippen molar-refractivity contribution in [2.24, 2.45) is 0 Å². The van der Waals surface area contributed by atoms with Gasteiger partial charge in [-0.25, -0.2) is 8.42 Å². The number of alkyl halides is 3. The van der Waals surface area contributed by atoms with Crippen LogP contribution in [0.1, 0.15) is 0 Å². The van der Waals surface area contributed by atoms with E-state index in [4.69, 9.17) is 0 Å². The molecule has 1 fully saturated rings. The summed E-state index contributed by atoms with van der Waals surface area (Å²) in [7, 11) is -3.97. The second kappa shape index (κ2) is 7.94. The van der Waals surface area contributed by atoms with Gasteiger partial charge < -0.3 is 19.8 Å². The van der Waals surface area contributed by atoms with Crippen LogP contribution >= 0.6 is 0 Å². The van der Waals surface area contributed by atoms with Gasteiger partial charge in [-0.2, -0.15) is 13.7 Å². The monoisotopic (exact) mass is 471 g/mol.